The highest BCUT2D eigenvalue weighted by Crippen LogP contribution is 1.92. The lowest BCUT2D eigenvalue weighted by atomic mass is 11.0. The maximum absolute atomic E-state index is 5.04. The summed E-state index contributed by atoms with van der Waals surface area (Å²) in [5, 5.41) is 0.241. The van der Waals surface area contributed by atoms with E-state index in [4.69, 9.17) is 11.6 Å². The van der Waals surface area contributed by atoms with Crippen molar-refractivity contribution in [1.82, 2.24) is 0 Å². The summed E-state index contributed by atoms with van der Waals surface area (Å²) in [6, 6.07) is 0. The molecule has 28 valence electrons. The lowest BCUT2D eigenvalue weighted by Gasteiger charge is -1.68. The Bertz CT molecular complexity index is 57.9. The van der Waals surface area contributed by atoms with Crippen molar-refractivity contribution in [3.05, 3.63) is 11.7 Å². The minimum absolute atomic E-state index is 0.241. The van der Waals surface area contributed by atoms with Gasteiger partial charge in [-0.05, 0) is 6.72 Å². The average Bonchev–Trinajstić information content (AvgIpc) is 1.38. The van der Waals surface area contributed by atoms with Crippen LogP contribution in [0.15, 0.2) is 16.7 Å². The summed E-state index contributed by atoms with van der Waals surface area (Å²) < 4.78 is 0. The van der Waals surface area contributed by atoms with Crippen LogP contribution in [0.25, 0.3) is 0 Å². The molecule has 0 saturated heterocycles. The Labute approximate surface area is 36.0 Å². The Kier molecular flexibility index (Phi) is 1.85. The summed E-state index contributed by atoms with van der Waals surface area (Å²) >= 11 is 5.04. The van der Waals surface area contributed by atoms with Crippen LogP contribution in [-0.4, -0.2) is 6.72 Å². The Morgan fingerprint density at radius 2 is 2.00 bits per heavy atom. The van der Waals surface area contributed by atoms with Crippen molar-refractivity contribution in [2.24, 2.45) is 4.99 Å². The third-order valence-electron chi connectivity index (χ3n) is 0.172. The second-order valence-corrected chi connectivity index (χ2v) is 0.971. The number of aliphatic imine (C=N–C) groups is 1. The number of nitrogens with zero attached hydrogens (tertiary/aromatic N) is 1. The first kappa shape index (κ1) is 4.70. The lowest BCUT2D eigenvalue weighted by Crippen LogP contribution is -1.45. The van der Waals surface area contributed by atoms with Crippen molar-refractivity contribution in [2.45, 2.75) is 0 Å². The Morgan fingerprint density at radius 1 is 1.80 bits per heavy atom. The Morgan fingerprint density at radius 3 is 2.00 bits per heavy atom. The number of rotatable bonds is 1. The van der Waals surface area contributed by atoms with Crippen LogP contribution in [0.4, 0.5) is 0 Å². The van der Waals surface area contributed by atoms with Gasteiger partial charge in [0.15, 0.2) is 0 Å². The third-order valence-corrected chi connectivity index (χ3v) is 0.291. The lowest BCUT2D eigenvalue weighted by molar-refractivity contribution is 1.59. The van der Waals surface area contributed by atoms with E-state index in [0.717, 1.165) is 0 Å². The van der Waals surface area contributed by atoms with Gasteiger partial charge in [0, 0.05) is 0 Å². The summed E-state index contributed by atoms with van der Waals surface area (Å²) in [5.41, 5.74) is 0. The first-order valence-corrected chi connectivity index (χ1v) is 1.46. The van der Waals surface area contributed by atoms with E-state index >= 15 is 0 Å². The van der Waals surface area contributed by atoms with Crippen molar-refractivity contribution in [1.29, 1.82) is 0 Å². The summed E-state index contributed by atoms with van der Waals surface area (Å²) in [5.74, 6) is 0. The normalized spacial score (nSPS) is 6.60. The minimum atomic E-state index is 0.241. The van der Waals surface area contributed by atoms with Gasteiger partial charge in [0.2, 0.25) is 0 Å². The Balaban J connectivity index is 3.20. The van der Waals surface area contributed by atoms with E-state index in [2.05, 4.69) is 18.3 Å². The molecule has 0 aliphatic carbocycles. The highest BCUT2D eigenvalue weighted by molar-refractivity contribution is 6.29. The van der Waals surface area contributed by atoms with Crippen molar-refractivity contribution < 1.29 is 0 Å². The van der Waals surface area contributed by atoms with Crippen molar-refractivity contribution >= 4 is 18.3 Å². The van der Waals surface area contributed by atoms with Crippen LogP contribution >= 0.6 is 11.6 Å². The fourth-order valence-corrected chi connectivity index (χ4v) is 0. The van der Waals surface area contributed by atoms with Gasteiger partial charge in [-0.3, -0.25) is 4.99 Å². The molecule has 0 bridgehead atoms. The molecule has 1 nitrogen and oxygen atoms in total. The molecule has 0 atom stereocenters. The maximum Gasteiger partial charge on any atom is 0.121 e. The minimum Gasteiger partial charge on any atom is -0.253 e. The molecule has 0 N–H and O–H groups in total. The molecular weight excluding hydrogens is 85.5 g/mol. The van der Waals surface area contributed by atoms with E-state index in [0.29, 0.717) is 0 Å². The van der Waals surface area contributed by atoms with E-state index < -0.39 is 0 Å². The smallest absolute Gasteiger partial charge is 0.121 e. The zero-order chi connectivity index (χ0) is 4.28. The second kappa shape index (κ2) is 1.97. The van der Waals surface area contributed by atoms with E-state index in [1.807, 2.05) is 0 Å². The number of hydrogen-bond donors (Lipinski definition) is 0. The maximum atomic E-state index is 5.04. The largest absolute Gasteiger partial charge is 0.253 e. The van der Waals surface area contributed by atoms with Crippen molar-refractivity contribution in [2.75, 3.05) is 0 Å². The standard InChI is InChI=1S/C3H4ClN/c1-3(4)5-2/h1-2H2. The van der Waals surface area contributed by atoms with Crippen molar-refractivity contribution in [3.63, 3.8) is 0 Å². The first-order chi connectivity index (χ1) is 2.27. The van der Waals surface area contributed by atoms with Gasteiger partial charge in [-0.2, -0.15) is 0 Å². The molecule has 0 radical (unpaired) electrons. The van der Waals surface area contributed by atoms with Crippen LogP contribution in [-0.2, 0) is 0 Å². The van der Waals surface area contributed by atoms with E-state index in [-0.39, 0.29) is 5.16 Å². The van der Waals surface area contributed by atoms with Crippen LogP contribution in [0.5, 0.6) is 0 Å². The fourth-order valence-electron chi connectivity index (χ4n) is 0. The summed E-state index contributed by atoms with van der Waals surface area (Å²) in [4.78, 5) is 3.21. The molecule has 0 spiro atoms. The highest BCUT2D eigenvalue weighted by Gasteiger charge is 1.64. The van der Waals surface area contributed by atoms with Crippen LogP contribution in [0.2, 0.25) is 0 Å². The molecule has 0 fully saturated rings. The summed E-state index contributed by atoms with van der Waals surface area (Å²) in [6.45, 7) is 6.29. The van der Waals surface area contributed by atoms with Crippen LogP contribution < -0.4 is 0 Å². The average molecular weight is 89.5 g/mol. The molecule has 0 aliphatic rings. The molecule has 0 amide bonds. The predicted molar refractivity (Wildman–Crippen MR) is 24.5 cm³/mol. The van der Waals surface area contributed by atoms with Gasteiger partial charge in [0.25, 0.3) is 0 Å². The summed E-state index contributed by atoms with van der Waals surface area (Å²) in [7, 11) is 0. The third kappa shape index (κ3) is 3.70. The van der Waals surface area contributed by atoms with Gasteiger partial charge in [0.05, 0.1) is 0 Å². The SMILES string of the molecule is C=NC(=C)Cl. The topological polar surface area (TPSA) is 12.4 Å². The number of hydrogen-bond acceptors (Lipinski definition) is 1. The number of halogens is 1. The molecule has 5 heavy (non-hydrogen) atoms. The van der Waals surface area contributed by atoms with Gasteiger partial charge in [0.1, 0.15) is 5.16 Å². The molecule has 0 heterocycles. The van der Waals surface area contributed by atoms with E-state index in [9.17, 15) is 0 Å². The van der Waals surface area contributed by atoms with Gasteiger partial charge < -0.3 is 0 Å². The van der Waals surface area contributed by atoms with Gasteiger partial charge in [-0.25, -0.2) is 0 Å². The van der Waals surface area contributed by atoms with Gasteiger partial charge >= 0.3 is 0 Å². The van der Waals surface area contributed by atoms with Crippen LogP contribution in [0.1, 0.15) is 0 Å². The molecule has 0 saturated carbocycles. The Hall–Kier alpha value is -0.300. The molecule has 2 heteroatoms. The molecule has 0 aliphatic heterocycles. The van der Waals surface area contributed by atoms with Crippen LogP contribution in [0, 0.1) is 0 Å². The zero-order valence-electron chi connectivity index (χ0n) is 2.74. The quantitative estimate of drug-likeness (QED) is 0.340. The summed E-state index contributed by atoms with van der Waals surface area (Å²) in [6.07, 6.45) is 0. The first-order valence-electron chi connectivity index (χ1n) is 1.08. The second-order valence-electron chi connectivity index (χ2n) is 0.534. The van der Waals surface area contributed by atoms with Crippen molar-refractivity contribution in [3.8, 4) is 0 Å². The molecule has 0 aromatic heterocycles. The van der Waals surface area contributed by atoms with Crippen LogP contribution in [0.3, 0.4) is 0 Å². The van der Waals surface area contributed by atoms with E-state index in [1.165, 1.54) is 0 Å². The van der Waals surface area contributed by atoms with Gasteiger partial charge in [-0.15, -0.1) is 0 Å². The molecule has 0 unspecified atom stereocenters. The molecule has 0 rings (SSSR count). The van der Waals surface area contributed by atoms with Gasteiger partial charge in [-0.1, -0.05) is 18.2 Å². The predicted octanol–water partition coefficient (Wildman–Crippen LogP) is 1.40. The fraction of sp³-hybridized carbons (Fsp3) is 0. The molecule has 0 aromatic carbocycles. The highest BCUT2D eigenvalue weighted by atomic mass is 35.5. The van der Waals surface area contributed by atoms with E-state index in [1.54, 1.807) is 0 Å². The monoisotopic (exact) mass is 89.0 g/mol. The molecule has 0 aromatic rings. The zero-order valence-corrected chi connectivity index (χ0v) is 3.50. The molecular formula is C3H4ClN.